The highest BCUT2D eigenvalue weighted by molar-refractivity contribution is 7.89. The van der Waals surface area contributed by atoms with Gasteiger partial charge >= 0.3 is 0 Å². The van der Waals surface area contributed by atoms with Crippen molar-refractivity contribution in [2.45, 2.75) is 37.5 Å². The molecule has 2 aromatic carbocycles. The van der Waals surface area contributed by atoms with Crippen molar-refractivity contribution < 1.29 is 22.5 Å². The maximum absolute atomic E-state index is 12.8. The van der Waals surface area contributed by atoms with Gasteiger partial charge in [-0.15, -0.1) is 0 Å². The van der Waals surface area contributed by atoms with Crippen molar-refractivity contribution in [1.29, 1.82) is 0 Å². The summed E-state index contributed by atoms with van der Waals surface area (Å²) in [7, 11) is -1.97. The van der Waals surface area contributed by atoms with Gasteiger partial charge in [0.15, 0.2) is 0 Å². The Kier molecular flexibility index (Phi) is 7.82. The summed E-state index contributed by atoms with van der Waals surface area (Å²) in [6, 6.07) is 14.1. The van der Waals surface area contributed by atoms with Crippen molar-refractivity contribution >= 4 is 15.9 Å². The highest BCUT2D eigenvalue weighted by Crippen LogP contribution is 2.21. The minimum absolute atomic E-state index is 0.000268. The van der Waals surface area contributed by atoms with Crippen LogP contribution in [0.15, 0.2) is 57.9 Å². The van der Waals surface area contributed by atoms with Crippen molar-refractivity contribution in [3.63, 3.8) is 0 Å². The highest BCUT2D eigenvalue weighted by atomic mass is 32.2. The lowest BCUT2D eigenvalue weighted by Crippen LogP contribution is -2.43. The molecule has 9 nitrogen and oxygen atoms in total. The van der Waals surface area contributed by atoms with Gasteiger partial charge in [-0.3, -0.25) is 4.79 Å². The average Bonchev–Trinajstić information content (AvgIpc) is 3.36. The Hall–Kier alpha value is -3.24. The van der Waals surface area contributed by atoms with Crippen LogP contribution in [0.2, 0.25) is 0 Å². The van der Waals surface area contributed by atoms with E-state index < -0.39 is 10.0 Å². The summed E-state index contributed by atoms with van der Waals surface area (Å²) in [4.78, 5) is 19.2. The number of amides is 1. The van der Waals surface area contributed by atoms with Gasteiger partial charge in [-0.1, -0.05) is 22.9 Å². The molecule has 0 saturated carbocycles. The molecule has 1 unspecified atom stereocenters. The van der Waals surface area contributed by atoms with Crippen LogP contribution in [0, 0.1) is 12.8 Å². The second-order valence-corrected chi connectivity index (χ2v) is 10.5. The molecule has 1 amide bonds. The summed E-state index contributed by atoms with van der Waals surface area (Å²) in [5.41, 5.74) is 1.81. The molecule has 1 atom stereocenters. The molecule has 0 bridgehead atoms. The Morgan fingerprint density at radius 2 is 1.91 bits per heavy atom. The van der Waals surface area contributed by atoms with Crippen molar-refractivity contribution in [1.82, 2.24) is 19.8 Å². The molecule has 2 heterocycles. The Morgan fingerprint density at radius 3 is 2.63 bits per heavy atom. The molecule has 1 aromatic heterocycles. The lowest BCUT2D eigenvalue weighted by atomic mass is 9.98. The summed E-state index contributed by atoms with van der Waals surface area (Å²) >= 11 is 0. The van der Waals surface area contributed by atoms with E-state index in [4.69, 9.17) is 9.26 Å². The molecule has 1 N–H and O–H groups in total. The molecular formula is C25H30N4O5S. The van der Waals surface area contributed by atoms with E-state index in [1.165, 1.54) is 0 Å². The molecule has 1 saturated heterocycles. The largest absolute Gasteiger partial charge is 0.497 e. The number of ether oxygens (including phenoxy) is 1. The zero-order chi connectivity index (χ0) is 24.8. The van der Waals surface area contributed by atoms with Crippen LogP contribution in [0.3, 0.4) is 0 Å². The van der Waals surface area contributed by atoms with E-state index in [1.807, 2.05) is 31.2 Å². The van der Waals surface area contributed by atoms with Crippen LogP contribution < -0.4 is 9.46 Å². The lowest BCUT2D eigenvalue weighted by Gasteiger charge is -2.33. The van der Waals surface area contributed by atoms with Crippen molar-refractivity contribution in [3.05, 3.63) is 60.0 Å². The summed E-state index contributed by atoms with van der Waals surface area (Å²) in [6.07, 6.45) is 2.31. The van der Waals surface area contributed by atoms with Crippen molar-refractivity contribution in [3.8, 4) is 17.1 Å². The number of benzene rings is 2. The second-order valence-electron chi connectivity index (χ2n) is 8.75. The summed E-state index contributed by atoms with van der Waals surface area (Å²) in [6.45, 7) is 3.40. The molecule has 4 rings (SSSR count). The van der Waals surface area contributed by atoms with E-state index >= 15 is 0 Å². The SMILES string of the molecule is COc1ccc(-c2noc(CCC(=O)N3CCCC(CNS(=O)(=O)c4ccc(C)cc4)C3)n2)cc1. The van der Waals surface area contributed by atoms with Crippen LogP contribution in [0.5, 0.6) is 5.75 Å². The Balaban J connectivity index is 1.27. The van der Waals surface area contributed by atoms with Gasteiger partial charge in [0.25, 0.3) is 0 Å². The number of nitrogens with one attached hydrogen (secondary N) is 1. The van der Waals surface area contributed by atoms with Crippen molar-refractivity contribution in [2.24, 2.45) is 5.92 Å². The first-order chi connectivity index (χ1) is 16.8. The number of hydrogen-bond donors (Lipinski definition) is 1. The molecule has 0 radical (unpaired) electrons. The zero-order valence-corrected chi connectivity index (χ0v) is 20.8. The number of rotatable bonds is 9. The fourth-order valence-corrected chi connectivity index (χ4v) is 5.19. The fourth-order valence-electron chi connectivity index (χ4n) is 4.07. The zero-order valence-electron chi connectivity index (χ0n) is 19.9. The van der Waals surface area contributed by atoms with Gasteiger partial charge in [0.1, 0.15) is 5.75 Å². The Morgan fingerprint density at radius 1 is 1.17 bits per heavy atom. The standard InChI is InChI=1S/C25H30N4O5S/c1-18-5-11-22(12-6-18)35(31,32)26-16-19-4-3-15-29(17-19)24(30)14-13-23-27-25(28-34-23)20-7-9-21(33-2)10-8-20/h5-12,19,26H,3-4,13-17H2,1-2H3. The van der Waals surface area contributed by atoms with Crippen LogP contribution in [0.25, 0.3) is 11.4 Å². The third-order valence-corrected chi connectivity index (χ3v) is 7.57. The molecule has 1 fully saturated rings. The predicted octanol–water partition coefficient (Wildman–Crippen LogP) is 3.20. The van der Waals surface area contributed by atoms with Crippen molar-refractivity contribution in [2.75, 3.05) is 26.7 Å². The molecule has 10 heteroatoms. The summed E-state index contributed by atoms with van der Waals surface area (Å²) in [5.74, 6) is 1.68. The molecule has 0 aliphatic carbocycles. The lowest BCUT2D eigenvalue weighted by molar-refractivity contribution is -0.133. The number of aromatic nitrogens is 2. The van der Waals surface area contributed by atoms with E-state index in [-0.39, 0.29) is 23.1 Å². The number of nitrogens with zero attached hydrogens (tertiary/aromatic N) is 3. The monoisotopic (exact) mass is 498 g/mol. The van der Waals surface area contributed by atoms with E-state index in [0.29, 0.717) is 37.8 Å². The number of likely N-dealkylation sites (tertiary alicyclic amines) is 1. The number of carbonyl (C=O) groups excluding carboxylic acids is 1. The van der Waals surface area contributed by atoms with E-state index in [9.17, 15) is 13.2 Å². The summed E-state index contributed by atoms with van der Waals surface area (Å²) < 4.78 is 38.3. The number of aryl methyl sites for hydroxylation is 2. The third-order valence-electron chi connectivity index (χ3n) is 6.13. The van der Waals surface area contributed by atoms with Crippen LogP contribution in [0.4, 0.5) is 0 Å². The number of sulfonamides is 1. The van der Waals surface area contributed by atoms with Crippen LogP contribution in [-0.4, -0.2) is 56.1 Å². The molecule has 3 aromatic rings. The van der Waals surface area contributed by atoms with E-state index in [0.717, 1.165) is 29.7 Å². The first kappa shape index (κ1) is 24.9. The van der Waals surface area contributed by atoms with Gasteiger partial charge in [-0.25, -0.2) is 13.1 Å². The van der Waals surface area contributed by atoms with Gasteiger partial charge in [0.2, 0.25) is 27.6 Å². The molecule has 35 heavy (non-hydrogen) atoms. The molecule has 186 valence electrons. The second kappa shape index (κ2) is 11.0. The first-order valence-electron chi connectivity index (χ1n) is 11.6. The smallest absolute Gasteiger partial charge is 0.240 e. The van der Waals surface area contributed by atoms with Crippen LogP contribution in [0.1, 0.15) is 30.7 Å². The fraction of sp³-hybridized carbons (Fsp3) is 0.400. The number of methoxy groups -OCH3 is 1. The highest BCUT2D eigenvalue weighted by Gasteiger charge is 2.25. The number of hydrogen-bond acceptors (Lipinski definition) is 7. The normalized spacial score (nSPS) is 16.3. The van der Waals surface area contributed by atoms with E-state index in [2.05, 4.69) is 14.9 Å². The van der Waals surface area contributed by atoms with E-state index in [1.54, 1.807) is 36.3 Å². The number of carbonyl (C=O) groups is 1. The topological polar surface area (TPSA) is 115 Å². The average molecular weight is 499 g/mol. The van der Waals surface area contributed by atoms with Crippen LogP contribution >= 0.6 is 0 Å². The third kappa shape index (κ3) is 6.46. The maximum Gasteiger partial charge on any atom is 0.240 e. The Bertz CT molecular complexity index is 1240. The first-order valence-corrected chi connectivity index (χ1v) is 13.1. The maximum atomic E-state index is 12.8. The Labute approximate surface area is 205 Å². The van der Waals surface area contributed by atoms with Gasteiger partial charge in [-0.05, 0) is 62.1 Å². The summed E-state index contributed by atoms with van der Waals surface area (Å²) in [5, 5.41) is 4.00. The minimum Gasteiger partial charge on any atom is -0.497 e. The molecule has 1 aliphatic heterocycles. The minimum atomic E-state index is -3.57. The number of piperidine rings is 1. The molecule has 1 aliphatic rings. The van der Waals surface area contributed by atoms with Gasteiger partial charge in [0, 0.05) is 38.0 Å². The van der Waals surface area contributed by atoms with Gasteiger partial charge in [-0.2, -0.15) is 4.98 Å². The van der Waals surface area contributed by atoms with Crippen LogP contribution in [-0.2, 0) is 21.2 Å². The predicted molar refractivity (Wildman–Crippen MR) is 130 cm³/mol. The van der Waals surface area contributed by atoms with Gasteiger partial charge in [0.05, 0.1) is 12.0 Å². The quantitative estimate of drug-likeness (QED) is 0.482. The molecular weight excluding hydrogens is 468 g/mol. The van der Waals surface area contributed by atoms with Gasteiger partial charge < -0.3 is 14.2 Å². The molecule has 0 spiro atoms.